The van der Waals surface area contributed by atoms with Crippen LogP contribution in [0.4, 0.5) is 5.69 Å². The summed E-state index contributed by atoms with van der Waals surface area (Å²) in [5.41, 5.74) is 1.98. The van der Waals surface area contributed by atoms with E-state index in [4.69, 9.17) is 20.8 Å². The van der Waals surface area contributed by atoms with Crippen molar-refractivity contribution in [3.8, 4) is 0 Å². The predicted molar refractivity (Wildman–Crippen MR) is 154 cm³/mol. The molecule has 0 fully saturated rings. The first-order chi connectivity index (χ1) is 19.7. The van der Waals surface area contributed by atoms with Crippen molar-refractivity contribution in [1.29, 1.82) is 0 Å². The van der Waals surface area contributed by atoms with Gasteiger partial charge in [-0.25, -0.2) is 0 Å². The van der Waals surface area contributed by atoms with Crippen molar-refractivity contribution in [2.75, 3.05) is 26.8 Å². The van der Waals surface area contributed by atoms with Crippen LogP contribution < -0.4 is 5.43 Å². The molecule has 1 aromatic heterocycles. The molecule has 212 valence electrons. The van der Waals surface area contributed by atoms with Crippen molar-refractivity contribution in [3.05, 3.63) is 121 Å². The van der Waals surface area contributed by atoms with Crippen LogP contribution in [0.5, 0.6) is 0 Å². The molecule has 0 aliphatic carbocycles. The number of aryl methyl sites for hydroxylation is 1. The maximum Gasteiger partial charge on any atom is 0.270 e. The average molecular weight is 578 g/mol. The van der Waals surface area contributed by atoms with E-state index in [1.165, 1.54) is 35.3 Å². The van der Waals surface area contributed by atoms with Crippen LogP contribution in [0.2, 0.25) is 5.02 Å². The lowest BCUT2D eigenvalue weighted by Gasteiger charge is -2.28. The molecule has 2 amide bonds. The number of carbonyl (C=O) groups is 2. The number of benzene rings is 3. The number of nitro groups is 1. The summed E-state index contributed by atoms with van der Waals surface area (Å²) in [7, 11) is 1.46. The van der Waals surface area contributed by atoms with Gasteiger partial charge in [0.1, 0.15) is 12.1 Å². The predicted octanol–water partition coefficient (Wildman–Crippen LogP) is 4.98. The number of fused-ring (bicyclic) bond motifs is 1. The van der Waals surface area contributed by atoms with E-state index in [2.05, 4.69) is 0 Å². The van der Waals surface area contributed by atoms with Crippen molar-refractivity contribution < 1.29 is 23.7 Å². The van der Waals surface area contributed by atoms with Gasteiger partial charge in [-0.05, 0) is 30.7 Å². The third kappa shape index (κ3) is 7.16. The number of hydrogen-bond donors (Lipinski definition) is 0. The molecule has 0 N–H and O–H groups in total. The lowest BCUT2D eigenvalue weighted by Crippen LogP contribution is -2.44. The lowest BCUT2D eigenvalue weighted by atomic mass is 10.1. The van der Waals surface area contributed by atoms with Gasteiger partial charge in [0.2, 0.25) is 5.91 Å². The molecule has 0 aliphatic rings. The summed E-state index contributed by atoms with van der Waals surface area (Å²) < 4.78 is 10.8. The first-order valence-corrected chi connectivity index (χ1v) is 13.1. The minimum Gasteiger partial charge on any atom is -0.464 e. The number of carbonyl (C=O) groups excluding carboxylic acids is 2. The first-order valence-electron chi connectivity index (χ1n) is 12.7. The first kappa shape index (κ1) is 29.4. The molecule has 0 aliphatic heterocycles. The molecule has 0 saturated heterocycles. The number of ether oxygens (including phenoxy) is 1. The molecule has 0 saturated carbocycles. The topological polar surface area (TPSA) is 123 Å². The van der Waals surface area contributed by atoms with E-state index in [-0.39, 0.29) is 54.5 Å². The molecule has 4 aromatic rings. The Balaban J connectivity index is 1.64. The Morgan fingerprint density at radius 1 is 1.02 bits per heavy atom. The quantitative estimate of drug-likeness (QED) is 0.182. The molecule has 0 unspecified atom stereocenters. The summed E-state index contributed by atoms with van der Waals surface area (Å²) >= 11 is 6.21. The van der Waals surface area contributed by atoms with Crippen LogP contribution in [0.25, 0.3) is 11.0 Å². The van der Waals surface area contributed by atoms with Crippen LogP contribution in [0.15, 0.2) is 82.2 Å². The van der Waals surface area contributed by atoms with Gasteiger partial charge in [-0.3, -0.25) is 24.5 Å². The maximum atomic E-state index is 13.8. The average Bonchev–Trinajstić information content (AvgIpc) is 2.96. The van der Waals surface area contributed by atoms with Crippen molar-refractivity contribution in [2.45, 2.75) is 20.0 Å². The number of nitrogens with zero attached hydrogens (tertiary/aromatic N) is 3. The van der Waals surface area contributed by atoms with Gasteiger partial charge in [-0.2, -0.15) is 0 Å². The molecule has 0 radical (unpaired) electrons. The molecule has 0 bridgehead atoms. The Labute approximate surface area is 240 Å². The molecule has 4 rings (SSSR count). The Bertz CT molecular complexity index is 1640. The third-order valence-electron chi connectivity index (χ3n) is 6.50. The van der Waals surface area contributed by atoms with Crippen LogP contribution in [-0.4, -0.2) is 53.3 Å². The maximum absolute atomic E-state index is 13.8. The van der Waals surface area contributed by atoms with E-state index < -0.39 is 16.7 Å². The van der Waals surface area contributed by atoms with Gasteiger partial charge in [-0.1, -0.05) is 53.6 Å². The Morgan fingerprint density at radius 3 is 2.46 bits per heavy atom. The number of halogens is 1. The minimum absolute atomic E-state index is 0.0151. The molecule has 1 heterocycles. The summed E-state index contributed by atoms with van der Waals surface area (Å²) in [6.45, 7) is 1.85. The lowest BCUT2D eigenvalue weighted by molar-refractivity contribution is -0.384. The largest absolute Gasteiger partial charge is 0.464 e. The molecule has 3 aromatic carbocycles. The van der Waals surface area contributed by atoms with Crippen LogP contribution >= 0.6 is 11.6 Å². The molecule has 0 spiro atoms. The molecule has 11 heteroatoms. The zero-order valence-electron chi connectivity index (χ0n) is 22.5. The van der Waals surface area contributed by atoms with Crippen LogP contribution in [-0.2, 0) is 22.6 Å². The zero-order chi connectivity index (χ0) is 29.5. The van der Waals surface area contributed by atoms with Gasteiger partial charge in [0.05, 0.1) is 45.9 Å². The molecule has 41 heavy (non-hydrogen) atoms. The fraction of sp³-hybridized carbons (Fsp3) is 0.233. The second kappa shape index (κ2) is 13.2. The second-order valence-corrected chi connectivity index (χ2v) is 9.87. The van der Waals surface area contributed by atoms with E-state index in [9.17, 15) is 24.5 Å². The summed E-state index contributed by atoms with van der Waals surface area (Å²) in [5.74, 6) is -1.02. The highest BCUT2D eigenvalue weighted by Gasteiger charge is 2.26. The summed E-state index contributed by atoms with van der Waals surface area (Å²) in [5, 5.41) is 11.4. The number of non-ortho nitro benzene ring substituents is 1. The van der Waals surface area contributed by atoms with Crippen molar-refractivity contribution in [2.24, 2.45) is 0 Å². The number of methoxy groups -OCH3 is 1. The molecular formula is C30H28ClN3O7. The van der Waals surface area contributed by atoms with E-state index >= 15 is 0 Å². The van der Waals surface area contributed by atoms with Crippen molar-refractivity contribution in [1.82, 2.24) is 9.80 Å². The SMILES string of the molecule is COCCN(CC(=O)N(Cc1ccccc1)Cc1coc2ccc(C)cc2c1=O)C(=O)c1ccc([N+](=O)[O-])cc1Cl. The van der Waals surface area contributed by atoms with Crippen LogP contribution in [0, 0.1) is 17.0 Å². The molecule has 10 nitrogen and oxygen atoms in total. The Hall–Kier alpha value is -4.54. The summed E-state index contributed by atoms with van der Waals surface area (Å²) in [6.07, 6.45) is 1.36. The fourth-order valence-electron chi connectivity index (χ4n) is 4.31. The highest BCUT2D eigenvalue weighted by molar-refractivity contribution is 6.34. The van der Waals surface area contributed by atoms with Crippen molar-refractivity contribution >= 4 is 40.1 Å². The van der Waals surface area contributed by atoms with Gasteiger partial charge in [-0.15, -0.1) is 0 Å². The summed E-state index contributed by atoms with van der Waals surface area (Å²) in [6, 6.07) is 18.1. The normalized spacial score (nSPS) is 10.9. The van der Waals surface area contributed by atoms with Crippen LogP contribution in [0.3, 0.4) is 0 Å². The zero-order valence-corrected chi connectivity index (χ0v) is 23.3. The van der Waals surface area contributed by atoms with Gasteiger partial charge >= 0.3 is 0 Å². The monoisotopic (exact) mass is 577 g/mol. The second-order valence-electron chi connectivity index (χ2n) is 9.47. The number of amides is 2. The summed E-state index contributed by atoms with van der Waals surface area (Å²) in [4.78, 5) is 53.7. The van der Waals surface area contributed by atoms with Gasteiger partial charge in [0.25, 0.3) is 11.6 Å². The molecule has 0 atom stereocenters. The number of rotatable bonds is 11. The minimum atomic E-state index is -0.613. The van der Waals surface area contributed by atoms with Crippen molar-refractivity contribution in [3.63, 3.8) is 0 Å². The van der Waals surface area contributed by atoms with Crippen LogP contribution in [0.1, 0.15) is 27.0 Å². The van der Waals surface area contributed by atoms with E-state index in [1.807, 2.05) is 43.3 Å². The number of nitro benzene ring substituents is 1. The fourth-order valence-corrected chi connectivity index (χ4v) is 4.57. The van der Waals surface area contributed by atoms with E-state index in [0.717, 1.165) is 17.2 Å². The van der Waals surface area contributed by atoms with E-state index in [1.54, 1.807) is 12.1 Å². The highest BCUT2D eigenvalue weighted by atomic mass is 35.5. The standard InChI is InChI=1S/C30H28ClN3O7/c1-20-8-11-27-25(14-20)29(36)22(19-41-27)17-33(16-21-6-4-3-5-7-21)28(35)18-32(12-13-40-2)30(37)24-10-9-23(34(38)39)15-26(24)31/h3-11,14-15,19H,12-13,16-18H2,1-2H3. The molecular weight excluding hydrogens is 550 g/mol. The number of hydrogen-bond acceptors (Lipinski definition) is 7. The van der Waals surface area contributed by atoms with Gasteiger partial charge in [0.15, 0.2) is 5.43 Å². The smallest absolute Gasteiger partial charge is 0.270 e. The Kier molecular flexibility index (Phi) is 9.49. The van der Waals surface area contributed by atoms with Gasteiger partial charge in [0, 0.05) is 32.3 Å². The Morgan fingerprint density at radius 2 is 1.78 bits per heavy atom. The van der Waals surface area contributed by atoms with E-state index in [0.29, 0.717) is 16.5 Å². The third-order valence-corrected chi connectivity index (χ3v) is 6.81. The van der Waals surface area contributed by atoms with Gasteiger partial charge < -0.3 is 19.0 Å². The highest BCUT2D eigenvalue weighted by Crippen LogP contribution is 2.24.